The Morgan fingerprint density at radius 2 is 2.42 bits per heavy atom. The number of nitrogens with one attached hydrogen (secondary N) is 1. The lowest BCUT2D eigenvalue weighted by Gasteiger charge is -2.12. The van der Waals surface area contributed by atoms with E-state index < -0.39 is 5.76 Å². The third-order valence-corrected chi connectivity index (χ3v) is 1.30. The fourth-order valence-electron chi connectivity index (χ4n) is 0.713. The molecule has 1 aromatic rings. The number of H-pyrrole nitrogens is 1. The van der Waals surface area contributed by atoms with E-state index in [1.165, 1.54) is 5.01 Å². The van der Waals surface area contributed by atoms with E-state index in [1.807, 2.05) is 0 Å². The average molecular weight is 173 g/mol. The molecule has 0 unspecified atom stereocenters. The number of hydrazine groups is 1. The van der Waals surface area contributed by atoms with Crippen molar-refractivity contribution < 1.29 is 4.52 Å². The number of hydrogen-bond acceptors (Lipinski definition) is 6. The molecule has 0 fully saturated rings. The Bertz CT molecular complexity index is 279. The SMILES string of the molecule is NCCCN(N)c1noc(=O)[nH]1. The third-order valence-electron chi connectivity index (χ3n) is 1.30. The van der Waals surface area contributed by atoms with Crippen molar-refractivity contribution >= 4 is 5.95 Å². The van der Waals surface area contributed by atoms with Gasteiger partial charge in [0, 0.05) is 6.54 Å². The molecular formula is C5H11N5O2. The van der Waals surface area contributed by atoms with Crippen LogP contribution in [0, 0.1) is 0 Å². The van der Waals surface area contributed by atoms with Gasteiger partial charge in [0.05, 0.1) is 0 Å². The van der Waals surface area contributed by atoms with Crippen LogP contribution in [0.1, 0.15) is 6.42 Å². The highest BCUT2D eigenvalue weighted by molar-refractivity contribution is 5.22. The average Bonchev–Trinajstić information content (AvgIpc) is 2.47. The summed E-state index contributed by atoms with van der Waals surface area (Å²) in [7, 11) is 0. The van der Waals surface area contributed by atoms with E-state index >= 15 is 0 Å². The molecule has 0 amide bonds. The standard InChI is InChI=1S/C5H11N5O2/c6-2-1-3-10(7)4-8-5(11)12-9-4/h1-3,6-7H2,(H,8,9,11). The van der Waals surface area contributed by atoms with Crippen LogP contribution in [0.2, 0.25) is 0 Å². The molecule has 0 radical (unpaired) electrons. The summed E-state index contributed by atoms with van der Waals surface area (Å²) in [5.41, 5.74) is 5.26. The van der Waals surface area contributed by atoms with E-state index in [1.54, 1.807) is 0 Å². The van der Waals surface area contributed by atoms with Crippen LogP contribution in [-0.4, -0.2) is 23.2 Å². The second-order valence-electron chi connectivity index (χ2n) is 2.25. The summed E-state index contributed by atoms with van der Waals surface area (Å²) >= 11 is 0. The van der Waals surface area contributed by atoms with Gasteiger partial charge in [-0.2, -0.15) is 0 Å². The summed E-state index contributed by atoms with van der Waals surface area (Å²) in [5.74, 6) is 5.08. The highest BCUT2D eigenvalue weighted by Crippen LogP contribution is 1.97. The molecule has 0 aliphatic rings. The third kappa shape index (κ3) is 2.07. The van der Waals surface area contributed by atoms with E-state index in [9.17, 15) is 4.79 Å². The summed E-state index contributed by atoms with van der Waals surface area (Å²) in [6, 6.07) is 0. The molecule has 7 nitrogen and oxygen atoms in total. The van der Waals surface area contributed by atoms with Gasteiger partial charge in [0.15, 0.2) is 0 Å². The Morgan fingerprint density at radius 1 is 1.67 bits per heavy atom. The van der Waals surface area contributed by atoms with Crippen LogP contribution in [0.5, 0.6) is 0 Å². The summed E-state index contributed by atoms with van der Waals surface area (Å²) in [6.07, 6.45) is 0.728. The molecule has 0 aromatic carbocycles. The first-order valence-corrected chi connectivity index (χ1v) is 3.52. The Balaban J connectivity index is 2.53. The molecule has 1 aromatic heterocycles. The normalized spacial score (nSPS) is 10.2. The predicted molar refractivity (Wildman–Crippen MR) is 42.3 cm³/mol. The van der Waals surface area contributed by atoms with Crippen LogP contribution in [-0.2, 0) is 0 Å². The Labute approximate surface area is 68.3 Å². The van der Waals surface area contributed by atoms with Crippen LogP contribution >= 0.6 is 0 Å². The van der Waals surface area contributed by atoms with Crippen LogP contribution in [0.15, 0.2) is 9.32 Å². The van der Waals surface area contributed by atoms with Crippen molar-refractivity contribution in [2.75, 3.05) is 18.1 Å². The van der Waals surface area contributed by atoms with E-state index in [2.05, 4.69) is 14.7 Å². The Morgan fingerprint density at radius 3 is 2.92 bits per heavy atom. The van der Waals surface area contributed by atoms with Crippen molar-refractivity contribution in [1.29, 1.82) is 0 Å². The first-order valence-electron chi connectivity index (χ1n) is 3.52. The Kier molecular flexibility index (Phi) is 2.83. The monoisotopic (exact) mass is 173 g/mol. The van der Waals surface area contributed by atoms with Crippen LogP contribution in [0.3, 0.4) is 0 Å². The number of hydrogen-bond donors (Lipinski definition) is 3. The van der Waals surface area contributed by atoms with Gasteiger partial charge < -0.3 is 5.73 Å². The molecule has 0 saturated carbocycles. The van der Waals surface area contributed by atoms with Gasteiger partial charge in [0.1, 0.15) is 0 Å². The minimum Gasteiger partial charge on any atom is -0.330 e. The first kappa shape index (κ1) is 8.75. The fourth-order valence-corrected chi connectivity index (χ4v) is 0.713. The maximum atomic E-state index is 10.5. The number of aromatic amines is 1. The van der Waals surface area contributed by atoms with Gasteiger partial charge in [-0.15, -0.1) is 0 Å². The molecular weight excluding hydrogens is 162 g/mol. The molecule has 0 atom stereocenters. The van der Waals surface area contributed by atoms with Gasteiger partial charge in [0.25, 0.3) is 5.95 Å². The topological polar surface area (TPSA) is 114 Å². The van der Waals surface area contributed by atoms with Gasteiger partial charge in [-0.05, 0) is 18.1 Å². The predicted octanol–water partition coefficient (Wildman–Crippen LogP) is -1.61. The molecule has 5 N–H and O–H groups in total. The highest BCUT2D eigenvalue weighted by Gasteiger charge is 2.05. The van der Waals surface area contributed by atoms with Gasteiger partial charge in [-0.1, -0.05) is 0 Å². The molecule has 1 heterocycles. The molecule has 0 aliphatic carbocycles. The summed E-state index contributed by atoms with van der Waals surface area (Å²) in [4.78, 5) is 12.8. The summed E-state index contributed by atoms with van der Waals surface area (Å²) < 4.78 is 4.25. The van der Waals surface area contributed by atoms with Gasteiger partial charge >= 0.3 is 5.76 Å². The van der Waals surface area contributed by atoms with Crippen LogP contribution < -0.4 is 22.3 Å². The second kappa shape index (κ2) is 3.88. The maximum Gasteiger partial charge on any atom is 0.440 e. The van der Waals surface area contributed by atoms with Gasteiger partial charge in [0.2, 0.25) is 0 Å². The summed E-state index contributed by atoms with van der Waals surface area (Å²) in [6.45, 7) is 1.06. The zero-order chi connectivity index (χ0) is 8.97. The van der Waals surface area contributed by atoms with E-state index in [4.69, 9.17) is 11.6 Å². The number of aromatic nitrogens is 2. The highest BCUT2D eigenvalue weighted by atomic mass is 16.5. The zero-order valence-corrected chi connectivity index (χ0v) is 6.49. The fraction of sp³-hybridized carbons (Fsp3) is 0.600. The van der Waals surface area contributed by atoms with E-state index in [0.29, 0.717) is 13.1 Å². The lowest BCUT2D eigenvalue weighted by Crippen LogP contribution is -2.34. The number of rotatable bonds is 4. The molecule has 0 aliphatic heterocycles. The zero-order valence-electron chi connectivity index (χ0n) is 6.49. The molecule has 7 heteroatoms. The minimum atomic E-state index is -0.617. The molecule has 68 valence electrons. The van der Waals surface area contributed by atoms with E-state index in [0.717, 1.165) is 6.42 Å². The van der Waals surface area contributed by atoms with Crippen molar-refractivity contribution in [3.8, 4) is 0 Å². The van der Waals surface area contributed by atoms with E-state index in [-0.39, 0.29) is 5.95 Å². The van der Waals surface area contributed by atoms with Crippen molar-refractivity contribution in [2.24, 2.45) is 11.6 Å². The smallest absolute Gasteiger partial charge is 0.330 e. The minimum absolute atomic E-state index is 0.216. The van der Waals surface area contributed by atoms with Crippen molar-refractivity contribution in [3.63, 3.8) is 0 Å². The largest absolute Gasteiger partial charge is 0.440 e. The lowest BCUT2D eigenvalue weighted by atomic mass is 10.4. The van der Waals surface area contributed by atoms with Crippen molar-refractivity contribution in [1.82, 2.24) is 10.1 Å². The molecule has 0 saturated heterocycles. The molecule has 0 spiro atoms. The first-order chi connectivity index (χ1) is 5.74. The van der Waals surface area contributed by atoms with Crippen molar-refractivity contribution in [3.05, 3.63) is 10.6 Å². The maximum absolute atomic E-state index is 10.5. The number of nitrogens with two attached hydrogens (primary N) is 2. The van der Waals surface area contributed by atoms with Gasteiger partial charge in [-0.25, -0.2) is 10.6 Å². The second-order valence-corrected chi connectivity index (χ2v) is 2.25. The van der Waals surface area contributed by atoms with Crippen LogP contribution in [0.25, 0.3) is 0 Å². The summed E-state index contributed by atoms with van der Waals surface area (Å²) in [5, 5.41) is 4.66. The Hall–Kier alpha value is -1.34. The molecule has 1 rings (SSSR count). The molecule has 0 bridgehead atoms. The number of anilines is 1. The lowest BCUT2D eigenvalue weighted by molar-refractivity contribution is 0.386. The number of nitrogens with zero attached hydrogens (tertiary/aromatic N) is 2. The van der Waals surface area contributed by atoms with Crippen LogP contribution in [0.4, 0.5) is 5.95 Å². The molecule has 12 heavy (non-hydrogen) atoms. The van der Waals surface area contributed by atoms with Crippen molar-refractivity contribution in [2.45, 2.75) is 6.42 Å². The van der Waals surface area contributed by atoms with Gasteiger partial charge in [-0.3, -0.25) is 14.5 Å². The quantitative estimate of drug-likeness (QED) is 0.373.